The topological polar surface area (TPSA) is 47.3 Å². The number of rotatable bonds is 13. The zero-order valence-electron chi connectivity index (χ0n) is 12.7. The highest BCUT2D eigenvalue weighted by Crippen LogP contribution is 2.12. The summed E-state index contributed by atoms with van der Waals surface area (Å²) in [6, 6.07) is 0.403. The van der Waals surface area contributed by atoms with Crippen molar-refractivity contribution in [1.29, 1.82) is 0 Å². The van der Waals surface area contributed by atoms with Crippen LogP contribution in [0, 0.1) is 0 Å². The number of nitrogens with two attached hydrogens (primary N) is 1. The SMILES string of the molecule is CCCCCCCCCCC(CC(C)OC)NN. The largest absolute Gasteiger partial charge is 0.382 e. The van der Waals surface area contributed by atoms with Crippen LogP contribution in [-0.2, 0) is 4.74 Å². The Labute approximate surface area is 114 Å². The molecule has 0 heterocycles. The molecule has 0 saturated carbocycles. The van der Waals surface area contributed by atoms with Gasteiger partial charge in [-0.05, 0) is 19.8 Å². The van der Waals surface area contributed by atoms with Crippen LogP contribution >= 0.6 is 0 Å². The van der Waals surface area contributed by atoms with E-state index in [1.54, 1.807) is 7.11 Å². The Hall–Kier alpha value is -0.120. The Morgan fingerprint density at radius 3 is 2.06 bits per heavy atom. The average Bonchev–Trinajstić information content (AvgIpc) is 2.40. The molecule has 0 aromatic heterocycles. The fourth-order valence-electron chi connectivity index (χ4n) is 2.29. The number of hydrogen-bond donors (Lipinski definition) is 2. The van der Waals surface area contributed by atoms with Crippen LogP contribution in [0.3, 0.4) is 0 Å². The molecule has 0 aliphatic heterocycles. The Morgan fingerprint density at radius 2 is 1.56 bits per heavy atom. The van der Waals surface area contributed by atoms with Crippen molar-refractivity contribution >= 4 is 0 Å². The van der Waals surface area contributed by atoms with Crippen molar-refractivity contribution in [3.63, 3.8) is 0 Å². The number of hydrazine groups is 1. The molecular weight excluding hydrogens is 224 g/mol. The number of methoxy groups -OCH3 is 1. The molecule has 18 heavy (non-hydrogen) atoms. The molecule has 0 fully saturated rings. The normalized spacial score (nSPS) is 14.7. The van der Waals surface area contributed by atoms with Gasteiger partial charge in [-0.25, -0.2) is 0 Å². The van der Waals surface area contributed by atoms with E-state index in [2.05, 4.69) is 19.3 Å². The van der Waals surface area contributed by atoms with Crippen LogP contribution in [0.4, 0.5) is 0 Å². The molecule has 0 aliphatic carbocycles. The monoisotopic (exact) mass is 258 g/mol. The van der Waals surface area contributed by atoms with Gasteiger partial charge in [-0.3, -0.25) is 11.3 Å². The van der Waals surface area contributed by atoms with Gasteiger partial charge in [0, 0.05) is 13.2 Å². The van der Waals surface area contributed by atoms with Crippen LogP contribution in [0.5, 0.6) is 0 Å². The third kappa shape index (κ3) is 11.0. The Bertz CT molecular complexity index is 165. The van der Waals surface area contributed by atoms with Gasteiger partial charge in [0.05, 0.1) is 6.10 Å². The van der Waals surface area contributed by atoms with Crippen LogP contribution in [0.15, 0.2) is 0 Å². The summed E-state index contributed by atoms with van der Waals surface area (Å²) in [5.41, 5.74) is 2.91. The van der Waals surface area contributed by atoms with Crippen LogP contribution in [0.25, 0.3) is 0 Å². The summed E-state index contributed by atoms with van der Waals surface area (Å²) in [6.45, 7) is 4.36. The van der Waals surface area contributed by atoms with Crippen LogP contribution in [0.2, 0.25) is 0 Å². The summed E-state index contributed by atoms with van der Waals surface area (Å²) in [5.74, 6) is 5.57. The summed E-state index contributed by atoms with van der Waals surface area (Å²) in [5, 5.41) is 0. The maximum atomic E-state index is 5.57. The van der Waals surface area contributed by atoms with Crippen molar-refractivity contribution in [2.75, 3.05) is 7.11 Å². The molecule has 0 radical (unpaired) electrons. The van der Waals surface area contributed by atoms with Gasteiger partial charge in [-0.15, -0.1) is 0 Å². The van der Waals surface area contributed by atoms with Crippen LogP contribution in [-0.4, -0.2) is 19.3 Å². The smallest absolute Gasteiger partial charge is 0.0558 e. The average molecular weight is 258 g/mol. The Kier molecular flexibility index (Phi) is 13.2. The first kappa shape index (κ1) is 17.9. The molecule has 2 atom stereocenters. The molecular formula is C15H34N2O. The van der Waals surface area contributed by atoms with Gasteiger partial charge >= 0.3 is 0 Å². The van der Waals surface area contributed by atoms with Crippen molar-refractivity contribution in [3.05, 3.63) is 0 Å². The molecule has 3 heteroatoms. The highest BCUT2D eigenvalue weighted by Gasteiger charge is 2.10. The van der Waals surface area contributed by atoms with Crippen molar-refractivity contribution in [2.24, 2.45) is 5.84 Å². The van der Waals surface area contributed by atoms with Gasteiger partial charge < -0.3 is 4.74 Å². The lowest BCUT2D eigenvalue weighted by molar-refractivity contribution is 0.0989. The van der Waals surface area contributed by atoms with E-state index in [-0.39, 0.29) is 0 Å². The van der Waals surface area contributed by atoms with Crippen molar-refractivity contribution in [3.8, 4) is 0 Å². The van der Waals surface area contributed by atoms with E-state index in [1.165, 1.54) is 57.8 Å². The summed E-state index contributed by atoms with van der Waals surface area (Å²) < 4.78 is 5.27. The summed E-state index contributed by atoms with van der Waals surface area (Å²) in [6.07, 6.45) is 13.4. The highest BCUT2D eigenvalue weighted by atomic mass is 16.5. The van der Waals surface area contributed by atoms with E-state index in [1.807, 2.05) is 0 Å². The van der Waals surface area contributed by atoms with Gasteiger partial charge in [-0.1, -0.05) is 58.3 Å². The van der Waals surface area contributed by atoms with E-state index < -0.39 is 0 Å². The van der Waals surface area contributed by atoms with E-state index in [9.17, 15) is 0 Å². The maximum absolute atomic E-state index is 5.57. The van der Waals surface area contributed by atoms with Crippen molar-refractivity contribution in [2.45, 2.75) is 90.2 Å². The molecule has 3 N–H and O–H groups in total. The van der Waals surface area contributed by atoms with Gasteiger partial charge in [-0.2, -0.15) is 0 Å². The lowest BCUT2D eigenvalue weighted by atomic mass is 10.0. The predicted molar refractivity (Wildman–Crippen MR) is 79.4 cm³/mol. The quantitative estimate of drug-likeness (QED) is 0.300. The second-order valence-corrected chi connectivity index (χ2v) is 5.41. The number of hydrogen-bond acceptors (Lipinski definition) is 3. The Morgan fingerprint density at radius 1 is 1.00 bits per heavy atom. The molecule has 0 aliphatic rings. The predicted octanol–water partition coefficient (Wildman–Crippen LogP) is 3.77. The van der Waals surface area contributed by atoms with Gasteiger partial charge in [0.2, 0.25) is 0 Å². The lowest BCUT2D eigenvalue weighted by Gasteiger charge is -2.19. The molecule has 0 aromatic rings. The molecule has 0 rings (SSSR count). The van der Waals surface area contributed by atoms with E-state index in [0.29, 0.717) is 12.1 Å². The lowest BCUT2D eigenvalue weighted by Crippen LogP contribution is -2.37. The molecule has 0 aromatic carbocycles. The molecule has 0 spiro atoms. The fraction of sp³-hybridized carbons (Fsp3) is 1.00. The third-order valence-corrected chi connectivity index (χ3v) is 3.66. The molecule has 0 saturated heterocycles. The second-order valence-electron chi connectivity index (χ2n) is 5.41. The minimum absolute atomic E-state index is 0.292. The van der Waals surface area contributed by atoms with Gasteiger partial charge in [0.1, 0.15) is 0 Å². The molecule has 2 unspecified atom stereocenters. The Balaban J connectivity index is 3.34. The minimum atomic E-state index is 0.292. The second kappa shape index (κ2) is 13.3. The molecule has 110 valence electrons. The number of nitrogens with one attached hydrogen (secondary N) is 1. The summed E-state index contributed by atoms with van der Waals surface area (Å²) in [7, 11) is 1.76. The van der Waals surface area contributed by atoms with E-state index in [0.717, 1.165) is 6.42 Å². The van der Waals surface area contributed by atoms with Crippen LogP contribution < -0.4 is 11.3 Å². The summed E-state index contributed by atoms with van der Waals surface area (Å²) in [4.78, 5) is 0. The zero-order chi connectivity index (χ0) is 13.6. The fourth-order valence-corrected chi connectivity index (χ4v) is 2.29. The summed E-state index contributed by atoms with van der Waals surface area (Å²) >= 11 is 0. The molecule has 3 nitrogen and oxygen atoms in total. The first-order valence-electron chi connectivity index (χ1n) is 7.73. The van der Waals surface area contributed by atoms with E-state index in [4.69, 9.17) is 10.6 Å². The third-order valence-electron chi connectivity index (χ3n) is 3.66. The van der Waals surface area contributed by atoms with Gasteiger partial charge in [0.15, 0.2) is 0 Å². The number of unbranched alkanes of at least 4 members (excludes halogenated alkanes) is 7. The van der Waals surface area contributed by atoms with Crippen molar-refractivity contribution < 1.29 is 4.74 Å². The molecule has 0 bridgehead atoms. The van der Waals surface area contributed by atoms with Gasteiger partial charge in [0.25, 0.3) is 0 Å². The van der Waals surface area contributed by atoms with Crippen molar-refractivity contribution in [1.82, 2.24) is 5.43 Å². The zero-order valence-corrected chi connectivity index (χ0v) is 12.7. The minimum Gasteiger partial charge on any atom is -0.382 e. The van der Waals surface area contributed by atoms with Crippen LogP contribution in [0.1, 0.15) is 78.1 Å². The number of ether oxygens (including phenoxy) is 1. The standard InChI is InChI=1S/C15H34N2O/c1-4-5-6-7-8-9-10-11-12-15(17-16)13-14(2)18-3/h14-15,17H,4-13,16H2,1-3H3. The highest BCUT2D eigenvalue weighted by molar-refractivity contribution is 4.67. The molecule has 0 amide bonds. The first-order valence-corrected chi connectivity index (χ1v) is 7.73. The maximum Gasteiger partial charge on any atom is 0.0558 e. The first-order chi connectivity index (χ1) is 8.74. The van der Waals surface area contributed by atoms with E-state index >= 15 is 0 Å².